The van der Waals surface area contributed by atoms with E-state index < -0.39 is 5.91 Å². The molecule has 0 radical (unpaired) electrons. The molecule has 24 heavy (non-hydrogen) atoms. The van der Waals surface area contributed by atoms with Crippen molar-refractivity contribution in [2.75, 3.05) is 10.6 Å². The van der Waals surface area contributed by atoms with Crippen molar-refractivity contribution in [2.45, 2.75) is 6.92 Å². The first-order chi connectivity index (χ1) is 11.4. The number of amides is 1. The summed E-state index contributed by atoms with van der Waals surface area (Å²) >= 11 is 17.9. The average Bonchev–Trinajstić information content (AvgIpc) is 2.55. The van der Waals surface area contributed by atoms with Gasteiger partial charge in [0.2, 0.25) is 0 Å². The number of halogens is 3. The highest BCUT2D eigenvalue weighted by molar-refractivity contribution is 6.36. The molecule has 0 unspecified atom stereocenters. The van der Waals surface area contributed by atoms with E-state index in [0.717, 1.165) is 5.56 Å². The van der Waals surface area contributed by atoms with Gasteiger partial charge in [0.1, 0.15) is 11.6 Å². The third-order valence-electron chi connectivity index (χ3n) is 3.10. The smallest absolute Gasteiger partial charge is 0.267 e. The molecule has 0 aromatic heterocycles. The zero-order chi connectivity index (χ0) is 17.7. The molecular formula is C17H12Cl3N3O. The third kappa shape index (κ3) is 4.65. The van der Waals surface area contributed by atoms with Gasteiger partial charge in [-0.25, -0.2) is 0 Å². The summed E-state index contributed by atoms with van der Waals surface area (Å²) in [6, 6.07) is 11.8. The number of benzene rings is 2. The molecule has 2 aromatic carbocycles. The van der Waals surface area contributed by atoms with Gasteiger partial charge >= 0.3 is 0 Å². The van der Waals surface area contributed by atoms with Crippen molar-refractivity contribution in [3.8, 4) is 6.07 Å². The van der Waals surface area contributed by atoms with Crippen LogP contribution in [0, 0.1) is 18.3 Å². The second-order valence-corrected chi connectivity index (χ2v) is 6.11. The number of nitrogens with one attached hydrogen (secondary N) is 2. The second-order valence-electron chi connectivity index (χ2n) is 4.86. The summed E-state index contributed by atoms with van der Waals surface area (Å²) in [6.07, 6.45) is 1.30. The average molecular weight is 381 g/mol. The highest BCUT2D eigenvalue weighted by atomic mass is 35.5. The Balaban J connectivity index is 2.15. The van der Waals surface area contributed by atoms with E-state index in [0.29, 0.717) is 26.4 Å². The fourth-order valence-corrected chi connectivity index (χ4v) is 2.29. The normalized spacial score (nSPS) is 10.9. The van der Waals surface area contributed by atoms with Crippen LogP contribution in [0.3, 0.4) is 0 Å². The van der Waals surface area contributed by atoms with Crippen LogP contribution in [0.5, 0.6) is 0 Å². The molecule has 0 heterocycles. The first-order valence-corrected chi connectivity index (χ1v) is 7.93. The Morgan fingerprint density at radius 2 is 1.88 bits per heavy atom. The quantitative estimate of drug-likeness (QED) is 0.550. The molecule has 2 aromatic rings. The van der Waals surface area contributed by atoms with Crippen LogP contribution < -0.4 is 10.6 Å². The van der Waals surface area contributed by atoms with Crippen molar-refractivity contribution in [1.82, 2.24) is 0 Å². The Labute approximate surface area is 154 Å². The number of rotatable bonds is 4. The van der Waals surface area contributed by atoms with Crippen LogP contribution >= 0.6 is 34.8 Å². The molecule has 122 valence electrons. The Bertz CT molecular complexity index is 857. The Hall–Kier alpha value is -2.19. The van der Waals surface area contributed by atoms with Crippen molar-refractivity contribution in [3.63, 3.8) is 0 Å². The lowest BCUT2D eigenvalue weighted by atomic mass is 10.2. The maximum atomic E-state index is 12.2. The summed E-state index contributed by atoms with van der Waals surface area (Å²) in [5.41, 5.74) is 1.79. The fraction of sp³-hybridized carbons (Fsp3) is 0.0588. The van der Waals surface area contributed by atoms with E-state index in [1.54, 1.807) is 24.3 Å². The maximum Gasteiger partial charge on any atom is 0.267 e. The van der Waals surface area contributed by atoms with Gasteiger partial charge in [0, 0.05) is 21.9 Å². The number of nitrogens with zero attached hydrogens (tertiary/aromatic N) is 1. The van der Waals surface area contributed by atoms with Crippen LogP contribution in [0.15, 0.2) is 48.2 Å². The van der Waals surface area contributed by atoms with Gasteiger partial charge in [-0.05, 0) is 42.8 Å². The Morgan fingerprint density at radius 3 is 2.54 bits per heavy atom. The number of carbonyl (C=O) groups excluding carboxylic acids is 1. The van der Waals surface area contributed by atoms with Crippen LogP contribution in [0.2, 0.25) is 15.1 Å². The summed E-state index contributed by atoms with van der Waals surface area (Å²) in [4.78, 5) is 12.2. The third-order valence-corrected chi connectivity index (χ3v) is 4.07. The summed E-state index contributed by atoms with van der Waals surface area (Å²) in [7, 11) is 0. The van der Waals surface area contributed by atoms with Crippen LogP contribution in [0.25, 0.3) is 0 Å². The molecule has 4 nitrogen and oxygen atoms in total. The Kier molecular flexibility index (Phi) is 6.10. The van der Waals surface area contributed by atoms with Gasteiger partial charge < -0.3 is 10.6 Å². The number of nitriles is 1. The molecule has 0 aliphatic heterocycles. The maximum absolute atomic E-state index is 12.2. The molecule has 0 aliphatic carbocycles. The van der Waals surface area contributed by atoms with Crippen LogP contribution in [-0.2, 0) is 4.79 Å². The van der Waals surface area contributed by atoms with Crippen LogP contribution in [0.4, 0.5) is 11.4 Å². The van der Waals surface area contributed by atoms with Gasteiger partial charge in [0.05, 0.1) is 10.7 Å². The second kappa shape index (κ2) is 8.07. The van der Waals surface area contributed by atoms with Crippen molar-refractivity contribution in [2.24, 2.45) is 0 Å². The summed E-state index contributed by atoms with van der Waals surface area (Å²) in [6.45, 7) is 1.88. The summed E-state index contributed by atoms with van der Waals surface area (Å²) in [5, 5.41) is 15.9. The van der Waals surface area contributed by atoms with Crippen LogP contribution in [-0.4, -0.2) is 5.91 Å². The van der Waals surface area contributed by atoms with Gasteiger partial charge in [0.15, 0.2) is 0 Å². The molecule has 0 saturated carbocycles. The lowest BCUT2D eigenvalue weighted by Gasteiger charge is -2.08. The zero-order valence-electron chi connectivity index (χ0n) is 12.5. The van der Waals surface area contributed by atoms with Gasteiger partial charge in [-0.1, -0.05) is 40.9 Å². The van der Waals surface area contributed by atoms with Crippen molar-refractivity contribution >= 4 is 52.1 Å². The number of anilines is 2. The molecule has 0 atom stereocenters. The molecule has 2 rings (SSSR count). The van der Waals surface area contributed by atoms with E-state index in [1.165, 1.54) is 12.3 Å². The first kappa shape index (κ1) is 18.2. The van der Waals surface area contributed by atoms with Gasteiger partial charge in [-0.2, -0.15) is 5.26 Å². The minimum absolute atomic E-state index is 0.122. The Morgan fingerprint density at radius 1 is 1.12 bits per heavy atom. The monoisotopic (exact) mass is 379 g/mol. The summed E-state index contributed by atoms with van der Waals surface area (Å²) in [5.74, 6) is -0.604. The molecule has 0 bridgehead atoms. The number of carbonyl (C=O) groups is 1. The molecule has 1 amide bonds. The lowest BCUT2D eigenvalue weighted by molar-refractivity contribution is -0.112. The molecule has 0 aliphatic rings. The van der Waals surface area contributed by atoms with E-state index in [1.807, 2.05) is 19.1 Å². The van der Waals surface area contributed by atoms with E-state index >= 15 is 0 Å². The van der Waals surface area contributed by atoms with Crippen molar-refractivity contribution in [3.05, 3.63) is 68.8 Å². The largest absolute Gasteiger partial charge is 0.360 e. The van der Waals surface area contributed by atoms with E-state index in [9.17, 15) is 10.1 Å². The first-order valence-electron chi connectivity index (χ1n) is 6.80. The van der Waals surface area contributed by atoms with Crippen molar-refractivity contribution < 1.29 is 4.79 Å². The SMILES string of the molecule is Cc1ccc(N/C=C(/C#N)C(=O)Nc2cc(Cl)ccc2Cl)cc1Cl. The van der Waals surface area contributed by atoms with Crippen LogP contribution in [0.1, 0.15) is 5.56 Å². The van der Waals surface area contributed by atoms with E-state index in [2.05, 4.69) is 10.6 Å². The highest BCUT2D eigenvalue weighted by Crippen LogP contribution is 2.26. The molecular weight excluding hydrogens is 369 g/mol. The molecule has 2 N–H and O–H groups in total. The molecule has 7 heteroatoms. The van der Waals surface area contributed by atoms with Gasteiger partial charge in [0.25, 0.3) is 5.91 Å². The predicted octanol–water partition coefficient (Wildman–Crippen LogP) is 5.41. The highest BCUT2D eigenvalue weighted by Gasteiger charge is 2.11. The summed E-state index contributed by atoms with van der Waals surface area (Å²) < 4.78 is 0. The fourth-order valence-electron chi connectivity index (χ4n) is 1.77. The zero-order valence-corrected chi connectivity index (χ0v) is 14.8. The standard InChI is InChI=1S/C17H12Cl3N3O/c1-10-2-4-13(7-15(10)20)22-9-11(8-21)17(24)23-16-6-12(18)3-5-14(16)19/h2-7,9,22H,1H3,(H,23,24)/b11-9-. The van der Waals surface area contributed by atoms with E-state index in [-0.39, 0.29) is 5.57 Å². The minimum Gasteiger partial charge on any atom is -0.360 e. The minimum atomic E-state index is -0.604. The molecule has 0 spiro atoms. The van der Waals surface area contributed by atoms with Crippen molar-refractivity contribution in [1.29, 1.82) is 5.26 Å². The van der Waals surface area contributed by atoms with Gasteiger partial charge in [-0.15, -0.1) is 0 Å². The number of aryl methyl sites for hydroxylation is 1. The number of hydrogen-bond acceptors (Lipinski definition) is 3. The molecule has 0 saturated heterocycles. The van der Waals surface area contributed by atoms with Gasteiger partial charge in [-0.3, -0.25) is 4.79 Å². The predicted molar refractivity (Wildman–Crippen MR) is 98.6 cm³/mol. The van der Waals surface area contributed by atoms with E-state index in [4.69, 9.17) is 34.8 Å². The topological polar surface area (TPSA) is 64.9 Å². The number of hydrogen-bond donors (Lipinski definition) is 2. The lowest BCUT2D eigenvalue weighted by Crippen LogP contribution is -2.14. The molecule has 0 fully saturated rings.